The number of hydrogen-bond donors (Lipinski definition) is 23. The number of carbonyl (C=O) groups is 9. The first kappa shape index (κ1) is 81.4. The number of aliphatic hydroxyl groups excluding tert-OH is 1. The van der Waals surface area contributed by atoms with Crippen molar-refractivity contribution in [2.24, 2.45) is 98.8 Å². The van der Waals surface area contributed by atoms with Crippen LogP contribution in [0.2, 0.25) is 0 Å². The first-order valence-corrected chi connectivity index (χ1v) is 31.8. The van der Waals surface area contributed by atoms with Crippen molar-refractivity contribution in [3.63, 3.8) is 0 Å². The summed E-state index contributed by atoms with van der Waals surface area (Å²) in [5, 5.41) is 41.3. The Kier molecular flexibility index (Phi) is 37.4. The average molecular weight is 1380 g/mol. The minimum absolute atomic E-state index is 0.0167. The first-order chi connectivity index (χ1) is 45.4. The number of aliphatic hydroxyl groups is 1. The molecule has 0 spiro atoms. The fourth-order valence-electron chi connectivity index (χ4n) is 8.83. The van der Waals surface area contributed by atoms with Gasteiger partial charge in [-0.3, -0.25) is 73.3 Å². The van der Waals surface area contributed by atoms with Crippen LogP contribution in [0.1, 0.15) is 89.9 Å². The van der Waals surface area contributed by atoms with E-state index >= 15 is 0 Å². The monoisotopic (exact) mass is 1370 g/mol. The number of carboxylic acid groups (broad SMARTS) is 1. The van der Waals surface area contributed by atoms with Gasteiger partial charge in [-0.2, -0.15) is 0 Å². The Morgan fingerprint density at radius 3 is 1.08 bits per heavy atom. The van der Waals surface area contributed by atoms with Crippen LogP contribution in [0.15, 0.2) is 71.5 Å². The Labute approximate surface area is 553 Å². The number of carboxylic acids is 1. The summed E-state index contributed by atoms with van der Waals surface area (Å²) in [6.07, 6.45) is 1.39. The molecule has 8 amide bonds. The molecule has 1 aromatic carbocycles. The van der Waals surface area contributed by atoms with Gasteiger partial charge in [0.05, 0.1) is 11.5 Å². The molecule has 42 heteroatoms. The highest BCUT2D eigenvalue weighted by Gasteiger charge is 2.34. The van der Waals surface area contributed by atoms with Gasteiger partial charge in [-0.1, -0.05) is 12.1 Å². The van der Waals surface area contributed by atoms with E-state index in [4.69, 9.17) is 68.8 Å². The molecule has 7 atom stereocenters. The summed E-state index contributed by atoms with van der Waals surface area (Å²) < 4.78 is 28.5. The summed E-state index contributed by atoms with van der Waals surface area (Å²) in [5.41, 5.74) is 66.0. The standard InChI is InChI=1S/C54H94N28O13S/c55-49(56)69-19-2-9-32(42(86)78-34(11-4-21-71-51(59)60)44(88)80-36(13-6-23-73-53(63)64)46(90)82-37(48(92)93)14-7-24-74-54(65)66)77-43(87)33(10-3-20-70-50(57)58)79-45(89)35(12-5-22-72-52(61)62)81-47(91)38(29-83)76-41(85)17-26-68-40(84)18-27-75-96(94,95)39-15-1-8-30-28-67-25-16-31(30)39/h1,8,15-16,25,28,32-38,75,83H,2-7,9-14,17-24,26-27,29H2,(H,68,84)(H,76,85)(H,77,87)(H,78,86)(H,79,89)(H,80,88)(H,81,91)(H,82,90)(H,92,93)(H4,55,56,69)(H4,57,58,70)(H4,59,60,71)(H4,61,62,72)(H4,63,64,73)(H4,65,66,74)/t32-,33-,34-,35-,36-,37-,38-/m0/s1. The Bertz CT molecular complexity index is 3190. The minimum Gasteiger partial charge on any atom is -0.480 e. The third-order valence-corrected chi connectivity index (χ3v) is 15.1. The zero-order valence-corrected chi connectivity index (χ0v) is 53.9. The fraction of sp³-hybridized carbons (Fsp3) is 0.556. The topological polar surface area (TPSA) is 736 Å². The maximum atomic E-state index is 14.6. The third-order valence-electron chi connectivity index (χ3n) is 13.5. The van der Waals surface area contributed by atoms with Crippen molar-refractivity contribution in [1.29, 1.82) is 0 Å². The highest BCUT2D eigenvalue weighted by Crippen LogP contribution is 2.22. The molecule has 2 rings (SSSR count). The van der Waals surface area contributed by atoms with Gasteiger partial charge in [0.1, 0.15) is 42.3 Å². The van der Waals surface area contributed by atoms with Crippen LogP contribution in [0.3, 0.4) is 0 Å². The van der Waals surface area contributed by atoms with Crippen LogP contribution in [0, 0.1) is 0 Å². The highest BCUT2D eigenvalue weighted by molar-refractivity contribution is 7.89. The molecule has 96 heavy (non-hydrogen) atoms. The summed E-state index contributed by atoms with van der Waals surface area (Å²) >= 11 is 0. The van der Waals surface area contributed by atoms with Gasteiger partial charge in [-0.15, -0.1) is 0 Å². The molecule has 0 fully saturated rings. The molecule has 0 aliphatic carbocycles. The van der Waals surface area contributed by atoms with E-state index in [-0.39, 0.29) is 176 Å². The van der Waals surface area contributed by atoms with E-state index in [9.17, 15) is 61.8 Å². The maximum Gasteiger partial charge on any atom is 0.326 e. The summed E-state index contributed by atoms with van der Waals surface area (Å²) in [4.78, 5) is 151. The maximum absolute atomic E-state index is 14.6. The number of guanidine groups is 6. The predicted octanol–water partition coefficient (Wildman–Crippen LogP) is -9.80. The van der Waals surface area contributed by atoms with Crippen molar-refractivity contribution < 1.29 is 61.8 Å². The summed E-state index contributed by atoms with van der Waals surface area (Å²) in [6, 6.07) is -4.59. The zero-order chi connectivity index (χ0) is 71.8. The van der Waals surface area contributed by atoms with Crippen LogP contribution >= 0.6 is 0 Å². The number of sulfonamides is 1. The largest absolute Gasteiger partial charge is 0.480 e. The van der Waals surface area contributed by atoms with E-state index in [0.29, 0.717) is 10.8 Å². The Hall–Kier alpha value is -10.7. The van der Waals surface area contributed by atoms with Crippen molar-refractivity contribution in [2.75, 3.05) is 59.0 Å². The number of nitrogens with zero attached hydrogens (tertiary/aromatic N) is 7. The molecule has 0 radical (unpaired) electrons. The Morgan fingerprint density at radius 1 is 0.427 bits per heavy atom. The van der Waals surface area contributed by atoms with Gasteiger partial charge in [0.2, 0.25) is 57.3 Å². The van der Waals surface area contributed by atoms with Crippen LogP contribution in [0.25, 0.3) is 10.8 Å². The second-order valence-electron chi connectivity index (χ2n) is 21.3. The van der Waals surface area contributed by atoms with E-state index in [0.717, 1.165) is 0 Å². The molecule has 0 saturated heterocycles. The molecule has 534 valence electrons. The van der Waals surface area contributed by atoms with Gasteiger partial charge in [-0.05, 0) is 89.2 Å². The quantitative estimate of drug-likeness (QED) is 0.0166. The number of aromatic nitrogens is 1. The third kappa shape index (κ3) is 33.8. The molecule has 2 aromatic rings. The van der Waals surface area contributed by atoms with Crippen LogP contribution in [-0.4, -0.2) is 214 Å². The lowest BCUT2D eigenvalue weighted by atomic mass is 10.0. The van der Waals surface area contributed by atoms with Crippen molar-refractivity contribution in [1.82, 2.24) is 52.2 Å². The highest BCUT2D eigenvalue weighted by atomic mass is 32.2. The smallest absolute Gasteiger partial charge is 0.326 e. The molecule has 41 nitrogen and oxygen atoms in total. The summed E-state index contributed by atoms with van der Waals surface area (Å²) in [7, 11) is -4.05. The Balaban J connectivity index is 2.45. The van der Waals surface area contributed by atoms with Gasteiger partial charge in [0.15, 0.2) is 35.8 Å². The van der Waals surface area contributed by atoms with Gasteiger partial charge < -0.3 is 122 Å². The molecule has 1 aromatic heterocycles. The van der Waals surface area contributed by atoms with Gasteiger partial charge in [-0.25, -0.2) is 17.9 Å². The van der Waals surface area contributed by atoms with Gasteiger partial charge in [0, 0.05) is 88.4 Å². The van der Waals surface area contributed by atoms with Crippen molar-refractivity contribution in [2.45, 2.75) is 137 Å². The van der Waals surface area contributed by atoms with E-state index in [2.05, 4.69) is 82.2 Å². The number of benzene rings is 1. The predicted molar refractivity (Wildman–Crippen MR) is 357 cm³/mol. The second kappa shape index (κ2) is 44.0. The number of pyridine rings is 1. The van der Waals surface area contributed by atoms with E-state index in [1.807, 2.05) is 0 Å². The molecule has 35 N–H and O–H groups in total. The molecule has 0 saturated carbocycles. The first-order valence-electron chi connectivity index (χ1n) is 30.3. The molecule has 0 unspecified atom stereocenters. The van der Waals surface area contributed by atoms with Crippen LogP contribution < -0.4 is 116 Å². The molecule has 0 aliphatic heterocycles. The van der Waals surface area contributed by atoms with E-state index < -0.39 is 119 Å². The molecule has 0 aliphatic rings. The summed E-state index contributed by atoms with van der Waals surface area (Å²) in [6.45, 7) is -1.80. The van der Waals surface area contributed by atoms with E-state index in [1.165, 1.54) is 18.5 Å². The fourth-order valence-corrected chi connectivity index (χ4v) is 10.1. The number of aliphatic carboxylic acids is 1. The van der Waals surface area contributed by atoms with Gasteiger partial charge in [0.25, 0.3) is 0 Å². The van der Waals surface area contributed by atoms with Crippen LogP contribution in [-0.2, 0) is 53.2 Å². The second-order valence-corrected chi connectivity index (χ2v) is 23.0. The number of hydrogen-bond acceptors (Lipinski definition) is 19. The summed E-state index contributed by atoms with van der Waals surface area (Å²) in [5.74, 6) is -10.5. The van der Waals surface area contributed by atoms with Crippen LogP contribution in [0.4, 0.5) is 0 Å². The normalized spacial score (nSPS) is 13.1. The van der Waals surface area contributed by atoms with Crippen molar-refractivity contribution in [3.8, 4) is 0 Å². The van der Waals surface area contributed by atoms with Crippen molar-refractivity contribution in [3.05, 3.63) is 36.7 Å². The minimum atomic E-state index is -4.05. The SMILES string of the molecule is NC(N)=NCCC[C@H](NC(=O)[C@H](CCCN=C(N)N)NC(=O)[C@H](CCCN=C(N)N)NC(=O)[C@H](CCCN=C(N)N)NC(=O)[C@H](CCCN=C(N)N)NC(=O)[C@H](CCCN=C(N)N)NC(=O)[C@H](CO)NC(=O)CCNC(=O)CCNS(=O)(=O)c1cccc2cnccc12)C(=O)O. The molecular weight excluding hydrogens is 1280 g/mol. The van der Waals surface area contributed by atoms with Crippen LogP contribution in [0.5, 0.6) is 0 Å². The van der Waals surface area contributed by atoms with E-state index in [1.54, 1.807) is 18.2 Å². The molecular formula is C54H94N28O13S. The number of aliphatic imine (C=N–C) groups is 6. The van der Waals surface area contributed by atoms with Crippen molar-refractivity contribution >= 4 is 110 Å². The number of fused-ring (bicyclic) bond motifs is 1. The number of amides is 8. The lowest BCUT2D eigenvalue weighted by molar-refractivity contribution is -0.142. The number of rotatable bonds is 47. The van der Waals surface area contributed by atoms with Gasteiger partial charge >= 0.3 is 5.97 Å². The number of carbonyl (C=O) groups excluding carboxylic acids is 8. The average Bonchev–Trinajstić information content (AvgIpc) is 0.967. The zero-order valence-electron chi connectivity index (χ0n) is 53.1. The lowest BCUT2D eigenvalue weighted by Crippen LogP contribution is -2.60. The number of nitrogens with one attached hydrogen (secondary N) is 9. The lowest BCUT2D eigenvalue weighted by Gasteiger charge is -2.28. The Morgan fingerprint density at radius 2 is 0.750 bits per heavy atom. The molecule has 0 bridgehead atoms. The number of nitrogens with two attached hydrogens (primary N) is 12. The molecule has 1 heterocycles.